The molecular formula is C36H39N13O4. The zero-order valence-corrected chi connectivity index (χ0v) is 28.6. The number of amides is 4. The fourth-order valence-corrected chi connectivity index (χ4v) is 5.99. The number of nitrogens with two attached hydrogens (primary N) is 2. The van der Waals surface area contributed by atoms with Crippen LogP contribution in [0.3, 0.4) is 0 Å². The highest BCUT2D eigenvalue weighted by atomic mass is 16.2. The van der Waals surface area contributed by atoms with E-state index in [0.29, 0.717) is 57.8 Å². The lowest BCUT2D eigenvalue weighted by Crippen LogP contribution is -2.20. The number of aryl methyl sites for hydroxylation is 3. The summed E-state index contributed by atoms with van der Waals surface area (Å²) in [5.74, 6) is -1.74. The lowest BCUT2D eigenvalue weighted by atomic mass is 10.1. The van der Waals surface area contributed by atoms with Crippen molar-refractivity contribution in [2.45, 2.75) is 60.8 Å². The van der Waals surface area contributed by atoms with Crippen molar-refractivity contribution in [1.29, 1.82) is 5.26 Å². The molecule has 6 aromatic rings. The maximum atomic E-state index is 13.5. The number of carbonyl (C=O) groups is 4. The van der Waals surface area contributed by atoms with Crippen LogP contribution in [0, 0.1) is 18.3 Å². The highest BCUT2D eigenvalue weighted by Crippen LogP contribution is 2.27. The summed E-state index contributed by atoms with van der Waals surface area (Å²) in [6, 6.07) is 13.3. The summed E-state index contributed by atoms with van der Waals surface area (Å²) in [4.78, 5) is 60.1. The van der Waals surface area contributed by atoms with Crippen LogP contribution in [0.15, 0.2) is 60.8 Å². The van der Waals surface area contributed by atoms with Gasteiger partial charge in [-0.25, -0.2) is 9.97 Å². The van der Waals surface area contributed by atoms with Crippen LogP contribution in [-0.4, -0.2) is 62.3 Å². The Hall–Kier alpha value is -7.09. The van der Waals surface area contributed by atoms with Crippen LogP contribution in [0.25, 0.3) is 22.1 Å². The number of imidazole rings is 2. The van der Waals surface area contributed by atoms with Gasteiger partial charge >= 0.3 is 0 Å². The number of anilines is 2. The first-order chi connectivity index (χ1) is 25.0. The minimum atomic E-state index is -0.680. The molecule has 2 aromatic carbocycles. The molecule has 0 atom stereocenters. The molecule has 4 heterocycles. The molecule has 0 saturated carbocycles. The van der Waals surface area contributed by atoms with Gasteiger partial charge in [0.05, 0.1) is 40.3 Å². The predicted molar refractivity (Wildman–Crippen MR) is 198 cm³/mol. The van der Waals surface area contributed by atoms with Gasteiger partial charge in [-0.2, -0.15) is 15.5 Å². The first-order valence-corrected chi connectivity index (χ1v) is 16.4. The van der Waals surface area contributed by atoms with Gasteiger partial charge in [0.25, 0.3) is 11.8 Å². The number of fused-ring (bicyclic) bond motifs is 2. The summed E-state index contributed by atoms with van der Waals surface area (Å²) in [6.45, 7) is 6.92. The van der Waals surface area contributed by atoms with Gasteiger partial charge in [0.2, 0.25) is 23.7 Å². The standard InChI is InChI=1S/C35H35N13O4.CH4/c1-4-47-27(11-13-39-47)32(51)42-34-40-24-18-22(30(37)49)8-9-26(24)45(34)14-6-7-15-46-29-21(10-12-36)17-23(31(38)50)19-25(29)41-35(46)43-33(52)28-16-20(3)44-48(28)5-2;/h6-9,11,13,16-19H,4-5,10,14-15H2,1-3H3,(H2,37,49)(H2,38,50)(H,40,42,51)(H,41,43,52);1H4/b7-6+;. The number of benzene rings is 2. The molecule has 17 nitrogen and oxygen atoms in total. The fraction of sp³-hybridized carbons (Fsp3) is 0.250. The van der Waals surface area contributed by atoms with Gasteiger partial charge in [0, 0.05) is 43.5 Å². The number of nitriles is 1. The first-order valence-electron chi connectivity index (χ1n) is 16.4. The van der Waals surface area contributed by atoms with E-state index in [4.69, 9.17) is 11.5 Å². The van der Waals surface area contributed by atoms with Crippen LogP contribution in [0.4, 0.5) is 11.9 Å². The first kappa shape index (κ1) is 37.2. The second-order valence-corrected chi connectivity index (χ2v) is 11.8. The van der Waals surface area contributed by atoms with Gasteiger partial charge in [0.1, 0.15) is 11.4 Å². The molecule has 4 amide bonds. The minimum absolute atomic E-state index is 0. The number of hydrogen-bond acceptors (Lipinski definition) is 9. The summed E-state index contributed by atoms with van der Waals surface area (Å²) >= 11 is 0. The van der Waals surface area contributed by atoms with Gasteiger partial charge in [0.15, 0.2) is 0 Å². The molecule has 0 spiro atoms. The Kier molecular flexibility index (Phi) is 10.8. The van der Waals surface area contributed by atoms with E-state index < -0.39 is 23.6 Å². The number of hydrogen-bond donors (Lipinski definition) is 4. The highest BCUT2D eigenvalue weighted by Gasteiger charge is 2.21. The van der Waals surface area contributed by atoms with E-state index in [-0.39, 0.29) is 50.0 Å². The molecule has 6 rings (SSSR count). The van der Waals surface area contributed by atoms with Crippen molar-refractivity contribution >= 4 is 57.6 Å². The van der Waals surface area contributed by atoms with Crippen molar-refractivity contribution in [3.05, 3.63) is 94.6 Å². The van der Waals surface area contributed by atoms with E-state index in [0.717, 1.165) is 0 Å². The van der Waals surface area contributed by atoms with Gasteiger partial charge in [-0.05, 0) is 68.8 Å². The van der Waals surface area contributed by atoms with Crippen molar-refractivity contribution in [2.24, 2.45) is 11.5 Å². The minimum Gasteiger partial charge on any atom is -0.366 e. The Balaban J connectivity index is 0.00000541. The Morgan fingerprint density at radius 2 is 1.43 bits per heavy atom. The van der Waals surface area contributed by atoms with Crippen LogP contribution in [0.5, 0.6) is 0 Å². The number of rotatable bonds is 13. The van der Waals surface area contributed by atoms with Gasteiger partial charge in [-0.3, -0.25) is 39.2 Å². The highest BCUT2D eigenvalue weighted by molar-refractivity contribution is 6.04. The zero-order valence-electron chi connectivity index (χ0n) is 28.6. The molecule has 0 aliphatic heterocycles. The number of nitrogens with zero attached hydrogens (tertiary/aromatic N) is 9. The normalized spacial score (nSPS) is 11.1. The molecule has 0 aliphatic rings. The van der Waals surface area contributed by atoms with Crippen LogP contribution < -0.4 is 22.1 Å². The summed E-state index contributed by atoms with van der Waals surface area (Å²) < 4.78 is 6.65. The third-order valence-electron chi connectivity index (χ3n) is 8.38. The summed E-state index contributed by atoms with van der Waals surface area (Å²) in [5.41, 5.74) is 15.4. The van der Waals surface area contributed by atoms with Crippen LogP contribution in [0.1, 0.15) is 74.2 Å². The number of primary amides is 2. The topological polar surface area (TPSA) is 239 Å². The molecule has 0 radical (unpaired) electrons. The van der Waals surface area contributed by atoms with E-state index in [1.165, 1.54) is 12.3 Å². The van der Waals surface area contributed by atoms with Crippen molar-refractivity contribution in [1.82, 2.24) is 38.7 Å². The molecule has 0 saturated heterocycles. The molecule has 4 aromatic heterocycles. The summed E-state index contributed by atoms with van der Waals surface area (Å²) in [7, 11) is 0. The second-order valence-electron chi connectivity index (χ2n) is 11.8. The van der Waals surface area contributed by atoms with Crippen LogP contribution in [0.2, 0.25) is 0 Å². The van der Waals surface area contributed by atoms with Gasteiger partial charge in [-0.1, -0.05) is 19.6 Å². The maximum absolute atomic E-state index is 13.5. The van der Waals surface area contributed by atoms with E-state index in [1.807, 2.05) is 26.0 Å². The molecule has 53 heavy (non-hydrogen) atoms. The lowest BCUT2D eigenvalue weighted by Gasteiger charge is -2.11. The lowest BCUT2D eigenvalue weighted by molar-refractivity contribution is 0.0992. The largest absolute Gasteiger partial charge is 0.366 e. The average Bonchev–Trinajstić information content (AvgIpc) is 3.90. The Labute approximate surface area is 303 Å². The summed E-state index contributed by atoms with van der Waals surface area (Å²) in [6.07, 6.45) is 5.16. The van der Waals surface area contributed by atoms with Crippen LogP contribution in [-0.2, 0) is 32.6 Å². The number of allylic oxidation sites excluding steroid dienone is 2. The second kappa shape index (κ2) is 15.4. The van der Waals surface area contributed by atoms with Crippen molar-refractivity contribution in [3.63, 3.8) is 0 Å². The molecule has 0 bridgehead atoms. The van der Waals surface area contributed by atoms with E-state index >= 15 is 0 Å². The predicted octanol–water partition coefficient (Wildman–Crippen LogP) is 3.79. The van der Waals surface area contributed by atoms with E-state index in [2.05, 4.69) is 36.9 Å². The third-order valence-corrected chi connectivity index (χ3v) is 8.38. The smallest absolute Gasteiger partial charge is 0.276 e. The molecule has 6 N–H and O–H groups in total. The zero-order chi connectivity index (χ0) is 37.1. The monoisotopic (exact) mass is 717 g/mol. The molecular weight excluding hydrogens is 678 g/mol. The molecule has 0 aliphatic carbocycles. The quantitative estimate of drug-likeness (QED) is 0.127. The van der Waals surface area contributed by atoms with Gasteiger partial charge < -0.3 is 20.6 Å². The number of aromatic nitrogens is 8. The number of nitrogens with one attached hydrogen (secondary N) is 2. The van der Waals surface area contributed by atoms with E-state index in [1.54, 1.807) is 61.8 Å². The third kappa shape index (κ3) is 7.37. The molecule has 0 fully saturated rings. The maximum Gasteiger partial charge on any atom is 0.276 e. The molecule has 17 heteroatoms. The fourth-order valence-electron chi connectivity index (χ4n) is 5.99. The summed E-state index contributed by atoms with van der Waals surface area (Å²) in [5, 5.41) is 23.9. The van der Waals surface area contributed by atoms with Crippen molar-refractivity contribution < 1.29 is 19.2 Å². The number of carbonyl (C=O) groups excluding carboxylic acids is 4. The Morgan fingerprint density at radius 1 is 0.811 bits per heavy atom. The molecule has 0 unspecified atom stereocenters. The van der Waals surface area contributed by atoms with Crippen molar-refractivity contribution in [3.8, 4) is 6.07 Å². The van der Waals surface area contributed by atoms with E-state index in [9.17, 15) is 24.4 Å². The Morgan fingerprint density at radius 3 is 2.09 bits per heavy atom. The SMILES string of the molecule is C.CCn1nccc1C(=O)Nc1nc2cc(C(N)=O)ccc2n1C/C=C/Cn1c(NC(=O)c2cc(C)nn2CC)nc2cc(C(N)=O)cc(CC#N)c21. The average molecular weight is 718 g/mol. The molecule has 272 valence electrons. The Bertz CT molecular complexity index is 2460. The van der Waals surface area contributed by atoms with Crippen molar-refractivity contribution in [2.75, 3.05) is 10.6 Å². The van der Waals surface area contributed by atoms with Crippen LogP contribution >= 0.6 is 0 Å². The van der Waals surface area contributed by atoms with Gasteiger partial charge in [-0.15, -0.1) is 0 Å².